The van der Waals surface area contributed by atoms with E-state index in [-0.39, 0.29) is 0 Å². The molecule has 0 aromatic heterocycles. The van der Waals surface area contributed by atoms with Gasteiger partial charge in [0.2, 0.25) is 0 Å². The van der Waals surface area contributed by atoms with Gasteiger partial charge in [-0.3, -0.25) is 0 Å². The van der Waals surface area contributed by atoms with Crippen molar-refractivity contribution in [1.82, 2.24) is 0 Å². The topological polar surface area (TPSA) is 0 Å². The van der Waals surface area contributed by atoms with Crippen molar-refractivity contribution in [2.75, 3.05) is 0 Å². The highest BCUT2D eigenvalue weighted by molar-refractivity contribution is 5.31. The molecule has 0 saturated carbocycles. The van der Waals surface area contributed by atoms with Crippen molar-refractivity contribution in [3.05, 3.63) is 37.0 Å². The molecule has 0 unspecified atom stereocenters. The third-order valence-corrected chi connectivity index (χ3v) is 3.96. The van der Waals surface area contributed by atoms with Gasteiger partial charge in [0.1, 0.15) is 0 Å². The molecule has 0 fully saturated rings. The minimum Gasteiger partial charge on any atom is -0.103 e. The van der Waals surface area contributed by atoms with E-state index in [1.54, 1.807) is 0 Å². The molecule has 0 N–H and O–H groups in total. The van der Waals surface area contributed by atoms with Gasteiger partial charge in [-0.2, -0.15) is 0 Å². The fourth-order valence-electron chi connectivity index (χ4n) is 3.02. The molecule has 0 heterocycles. The molecule has 0 radical (unpaired) electrons. The van der Waals surface area contributed by atoms with E-state index in [9.17, 15) is 0 Å². The number of hydrogen-bond acceptors (Lipinski definition) is 0. The third kappa shape index (κ3) is 2.25. The molecular weight excluding hydrogens is 180 g/mol. The Labute approximate surface area is 94.8 Å². The second-order valence-corrected chi connectivity index (χ2v) is 5.19. The van der Waals surface area contributed by atoms with Crippen molar-refractivity contribution < 1.29 is 0 Å². The number of hydrogen-bond donors (Lipinski definition) is 0. The molecule has 0 aromatic carbocycles. The largest absolute Gasteiger partial charge is 0.103 e. The van der Waals surface area contributed by atoms with E-state index in [2.05, 4.69) is 40.0 Å². The molecule has 0 heteroatoms. The van der Waals surface area contributed by atoms with E-state index < -0.39 is 0 Å². The first-order valence-electron chi connectivity index (χ1n) is 6.00. The summed E-state index contributed by atoms with van der Waals surface area (Å²) in [4.78, 5) is 0. The molecule has 15 heavy (non-hydrogen) atoms. The van der Waals surface area contributed by atoms with Crippen molar-refractivity contribution in [1.29, 1.82) is 0 Å². The van der Waals surface area contributed by atoms with Gasteiger partial charge in [0.05, 0.1) is 0 Å². The summed E-state index contributed by atoms with van der Waals surface area (Å²) < 4.78 is 0. The first kappa shape index (κ1) is 12.3. The summed E-state index contributed by atoms with van der Waals surface area (Å²) in [7, 11) is 0. The molecule has 1 aliphatic carbocycles. The van der Waals surface area contributed by atoms with E-state index in [1.165, 1.54) is 18.4 Å². The van der Waals surface area contributed by atoms with E-state index in [0.717, 1.165) is 18.3 Å². The lowest BCUT2D eigenvalue weighted by Crippen LogP contribution is -2.28. The van der Waals surface area contributed by atoms with Crippen LogP contribution in [-0.4, -0.2) is 0 Å². The first-order valence-corrected chi connectivity index (χ1v) is 6.00. The minimum atomic E-state index is 0.324. The molecule has 0 aliphatic heterocycles. The molecule has 0 saturated heterocycles. The SMILES string of the molecule is C=CCC[C@@]1(C)C(C=C)=CC[C@@H]1C(C)C. The molecule has 0 nitrogen and oxygen atoms in total. The highest BCUT2D eigenvalue weighted by Gasteiger charge is 2.40. The van der Waals surface area contributed by atoms with Gasteiger partial charge in [0.25, 0.3) is 0 Å². The predicted molar refractivity (Wildman–Crippen MR) is 68.8 cm³/mol. The monoisotopic (exact) mass is 204 g/mol. The normalized spacial score (nSPS) is 30.4. The van der Waals surface area contributed by atoms with E-state index in [0.29, 0.717) is 5.41 Å². The Bertz CT molecular complexity index is 270. The van der Waals surface area contributed by atoms with Gasteiger partial charge in [0, 0.05) is 0 Å². The van der Waals surface area contributed by atoms with Crippen LogP contribution in [0.25, 0.3) is 0 Å². The Balaban J connectivity index is 2.88. The van der Waals surface area contributed by atoms with Crippen molar-refractivity contribution in [3.63, 3.8) is 0 Å². The van der Waals surface area contributed by atoms with E-state index in [4.69, 9.17) is 0 Å². The molecule has 0 spiro atoms. The van der Waals surface area contributed by atoms with Gasteiger partial charge >= 0.3 is 0 Å². The smallest absolute Gasteiger partial charge is 0.00421 e. The fraction of sp³-hybridized carbons (Fsp3) is 0.600. The lowest BCUT2D eigenvalue weighted by molar-refractivity contribution is 0.190. The fourth-order valence-corrected chi connectivity index (χ4v) is 3.02. The van der Waals surface area contributed by atoms with Crippen molar-refractivity contribution >= 4 is 0 Å². The van der Waals surface area contributed by atoms with Gasteiger partial charge in [-0.15, -0.1) is 6.58 Å². The average Bonchev–Trinajstić information content (AvgIpc) is 2.52. The van der Waals surface area contributed by atoms with Crippen molar-refractivity contribution in [2.24, 2.45) is 17.3 Å². The van der Waals surface area contributed by atoms with Crippen LogP contribution in [0.4, 0.5) is 0 Å². The molecule has 0 amide bonds. The van der Waals surface area contributed by atoms with Gasteiger partial charge < -0.3 is 0 Å². The zero-order valence-electron chi connectivity index (χ0n) is 10.4. The summed E-state index contributed by atoms with van der Waals surface area (Å²) in [5.74, 6) is 1.51. The summed E-state index contributed by atoms with van der Waals surface area (Å²) in [5.41, 5.74) is 1.77. The predicted octanol–water partition coefficient (Wildman–Crippen LogP) is 4.75. The molecule has 2 atom stereocenters. The average molecular weight is 204 g/mol. The first-order chi connectivity index (χ1) is 7.06. The van der Waals surface area contributed by atoms with Crippen LogP contribution in [-0.2, 0) is 0 Å². The summed E-state index contributed by atoms with van der Waals surface area (Å²) in [6, 6.07) is 0. The lowest BCUT2D eigenvalue weighted by atomic mass is 9.68. The van der Waals surface area contributed by atoms with Crippen LogP contribution in [0.15, 0.2) is 37.0 Å². The van der Waals surface area contributed by atoms with Crippen LogP contribution >= 0.6 is 0 Å². The number of allylic oxidation sites excluding steroid dienone is 4. The number of rotatable bonds is 5. The molecule has 84 valence electrons. The molecule has 1 rings (SSSR count). The Morgan fingerprint density at radius 2 is 2.20 bits per heavy atom. The van der Waals surface area contributed by atoms with Crippen molar-refractivity contribution in [2.45, 2.75) is 40.0 Å². The standard InChI is InChI=1S/C15H24/c1-6-8-11-15(5)13(7-2)9-10-14(15)12(3)4/h6-7,9,12,14H,1-2,8,10-11H2,3-5H3/t14-,15+/m1/s1. The molecule has 0 aromatic rings. The Kier molecular flexibility index (Phi) is 3.96. The molecule has 0 bridgehead atoms. The Hall–Kier alpha value is -0.780. The maximum Gasteiger partial charge on any atom is -0.00421 e. The Morgan fingerprint density at radius 3 is 2.67 bits per heavy atom. The van der Waals surface area contributed by atoms with Crippen LogP contribution in [0, 0.1) is 17.3 Å². The van der Waals surface area contributed by atoms with Crippen LogP contribution in [0.1, 0.15) is 40.0 Å². The highest BCUT2D eigenvalue weighted by atomic mass is 14.4. The Morgan fingerprint density at radius 1 is 1.53 bits per heavy atom. The van der Waals surface area contributed by atoms with Crippen LogP contribution in [0.3, 0.4) is 0 Å². The molecular formula is C15H24. The minimum absolute atomic E-state index is 0.324. The second-order valence-electron chi connectivity index (χ2n) is 5.19. The van der Waals surface area contributed by atoms with Crippen LogP contribution in [0.2, 0.25) is 0 Å². The second kappa shape index (κ2) is 4.83. The summed E-state index contributed by atoms with van der Waals surface area (Å²) in [6.07, 6.45) is 9.97. The van der Waals surface area contributed by atoms with Gasteiger partial charge in [-0.05, 0) is 42.1 Å². The zero-order chi connectivity index (χ0) is 11.5. The lowest BCUT2D eigenvalue weighted by Gasteiger charge is -2.36. The molecule has 1 aliphatic rings. The third-order valence-electron chi connectivity index (χ3n) is 3.96. The van der Waals surface area contributed by atoms with E-state index in [1.807, 2.05) is 12.2 Å². The van der Waals surface area contributed by atoms with Gasteiger partial charge in [-0.1, -0.05) is 45.6 Å². The zero-order valence-corrected chi connectivity index (χ0v) is 10.4. The summed E-state index contributed by atoms with van der Waals surface area (Å²) in [5, 5.41) is 0. The van der Waals surface area contributed by atoms with E-state index >= 15 is 0 Å². The van der Waals surface area contributed by atoms with Crippen molar-refractivity contribution in [3.8, 4) is 0 Å². The summed E-state index contributed by atoms with van der Waals surface area (Å²) >= 11 is 0. The van der Waals surface area contributed by atoms with Crippen LogP contribution < -0.4 is 0 Å². The maximum absolute atomic E-state index is 3.95. The quantitative estimate of drug-likeness (QED) is 0.567. The van der Waals surface area contributed by atoms with Gasteiger partial charge in [0.15, 0.2) is 0 Å². The maximum atomic E-state index is 3.95. The van der Waals surface area contributed by atoms with Gasteiger partial charge in [-0.25, -0.2) is 0 Å². The highest BCUT2D eigenvalue weighted by Crippen LogP contribution is 2.50. The summed E-state index contributed by atoms with van der Waals surface area (Å²) in [6.45, 7) is 14.8. The van der Waals surface area contributed by atoms with Crippen LogP contribution in [0.5, 0.6) is 0 Å².